The van der Waals surface area contributed by atoms with Gasteiger partial charge in [0.05, 0.1) is 11.4 Å². The highest BCUT2D eigenvalue weighted by molar-refractivity contribution is 7.99. The number of tetrazole rings is 1. The van der Waals surface area contributed by atoms with Crippen LogP contribution in [0, 0.1) is 13.8 Å². The Morgan fingerprint density at radius 2 is 1.88 bits per heavy atom. The zero-order valence-electron chi connectivity index (χ0n) is 14.1. The van der Waals surface area contributed by atoms with Crippen molar-refractivity contribution in [2.45, 2.75) is 25.5 Å². The highest BCUT2D eigenvalue weighted by Gasteiger charge is 2.12. The maximum Gasteiger partial charge on any atom is 0.230 e. The summed E-state index contributed by atoms with van der Waals surface area (Å²) in [4.78, 5) is 12.1. The normalized spacial score (nSPS) is 10.6. The number of nitrogens with one attached hydrogen (secondary N) is 1. The fourth-order valence-electron chi connectivity index (χ4n) is 2.31. The molecule has 3 rings (SSSR count). The zero-order valence-corrected chi connectivity index (χ0v) is 15.0. The van der Waals surface area contributed by atoms with Crippen molar-refractivity contribution in [3.05, 3.63) is 65.2 Å². The third-order valence-corrected chi connectivity index (χ3v) is 4.65. The zero-order chi connectivity index (χ0) is 17.6. The quantitative estimate of drug-likeness (QED) is 0.690. The van der Waals surface area contributed by atoms with Crippen LogP contribution in [-0.2, 0) is 11.3 Å². The minimum atomic E-state index is -0.0510. The van der Waals surface area contributed by atoms with E-state index in [0.29, 0.717) is 11.7 Å². The van der Waals surface area contributed by atoms with E-state index in [9.17, 15) is 4.79 Å². The monoisotopic (exact) mass is 353 g/mol. The third kappa shape index (κ3) is 4.45. The van der Waals surface area contributed by atoms with Crippen molar-refractivity contribution < 1.29 is 4.79 Å². The summed E-state index contributed by atoms with van der Waals surface area (Å²) in [6, 6.07) is 16.0. The van der Waals surface area contributed by atoms with Crippen molar-refractivity contribution in [1.29, 1.82) is 0 Å². The average Bonchev–Trinajstić information content (AvgIpc) is 3.08. The van der Waals surface area contributed by atoms with Gasteiger partial charge in [0.1, 0.15) is 0 Å². The molecule has 1 heterocycles. The molecule has 0 saturated heterocycles. The second-order valence-electron chi connectivity index (χ2n) is 5.71. The lowest BCUT2D eigenvalue weighted by Crippen LogP contribution is -2.24. The topological polar surface area (TPSA) is 72.7 Å². The molecule has 1 amide bonds. The van der Waals surface area contributed by atoms with Crippen molar-refractivity contribution in [2.24, 2.45) is 0 Å². The van der Waals surface area contributed by atoms with E-state index in [1.54, 1.807) is 4.68 Å². The number of benzene rings is 2. The number of thioether (sulfide) groups is 1. The summed E-state index contributed by atoms with van der Waals surface area (Å²) < 4.78 is 1.66. The fourth-order valence-corrected chi connectivity index (χ4v) is 3.02. The van der Waals surface area contributed by atoms with Gasteiger partial charge in [-0.15, -0.1) is 5.10 Å². The van der Waals surface area contributed by atoms with E-state index in [1.165, 1.54) is 17.3 Å². The van der Waals surface area contributed by atoms with Gasteiger partial charge in [-0.05, 0) is 41.5 Å². The Balaban J connectivity index is 1.57. The lowest BCUT2D eigenvalue weighted by molar-refractivity contribution is -0.118. The molecule has 0 unspecified atom stereocenters. The molecule has 0 atom stereocenters. The van der Waals surface area contributed by atoms with E-state index in [2.05, 4.69) is 20.8 Å². The van der Waals surface area contributed by atoms with Crippen LogP contribution in [0.5, 0.6) is 0 Å². The first-order valence-electron chi connectivity index (χ1n) is 7.93. The molecule has 6 nitrogen and oxygen atoms in total. The molecule has 3 aromatic rings. The lowest BCUT2D eigenvalue weighted by Gasteiger charge is -2.08. The van der Waals surface area contributed by atoms with Gasteiger partial charge in [-0.3, -0.25) is 4.79 Å². The molecule has 0 fully saturated rings. The molecule has 0 radical (unpaired) electrons. The van der Waals surface area contributed by atoms with Crippen LogP contribution in [0.4, 0.5) is 0 Å². The molecule has 2 aromatic carbocycles. The Morgan fingerprint density at radius 3 is 2.64 bits per heavy atom. The van der Waals surface area contributed by atoms with Crippen LogP contribution in [0.25, 0.3) is 5.69 Å². The van der Waals surface area contributed by atoms with Crippen molar-refractivity contribution >= 4 is 17.7 Å². The number of hydrogen-bond acceptors (Lipinski definition) is 5. The predicted molar refractivity (Wildman–Crippen MR) is 97.6 cm³/mol. The number of aromatic nitrogens is 4. The van der Waals surface area contributed by atoms with E-state index < -0.39 is 0 Å². The van der Waals surface area contributed by atoms with Crippen LogP contribution in [0.3, 0.4) is 0 Å². The number of amides is 1. The summed E-state index contributed by atoms with van der Waals surface area (Å²) in [5, 5.41) is 15.3. The Bertz CT molecular complexity index is 860. The highest BCUT2D eigenvalue weighted by Crippen LogP contribution is 2.20. The van der Waals surface area contributed by atoms with E-state index >= 15 is 0 Å². The number of aryl methyl sites for hydroxylation is 2. The smallest absolute Gasteiger partial charge is 0.230 e. The van der Waals surface area contributed by atoms with Gasteiger partial charge in [0.15, 0.2) is 0 Å². The van der Waals surface area contributed by atoms with Gasteiger partial charge in [-0.25, -0.2) is 0 Å². The standard InChI is InChI=1S/C18H19N5OS/c1-13-7-9-15(10-8-13)11-19-17(24)12-25-18-20-21-22-23(18)16-6-4-3-5-14(16)2/h3-10H,11-12H2,1-2H3,(H,19,24). The number of nitrogens with zero attached hydrogens (tertiary/aromatic N) is 4. The minimum Gasteiger partial charge on any atom is -0.351 e. The molecule has 0 aliphatic rings. The van der Waals surface area contributed by atoms with Gasteiger partial charge < -0.3 is 5.32 Å². The van der Waals surface area contributed by atoms with Crippen LogP contribution < -0.4 is 5.32 Å². The Kier molecular flexibility index (Phi) is 5.45. The van der Waals surface area contributed by atoms with Crippen molar-refractivity contribution in [1.82, 2.24) is 25.5 Å². The molecule has 0 aliphatic heterocycles. The third-order valence-electron chi connectivity index (χ3n) is 3.73. The second-order valence-corrected chi connectivity index (χ2v) is 6.65. The SMILES string of the molecule is Cc1ccc(CNC(=O)CSc2nnnn2-c2ccccc2C)cc1. The van der Waals surface area contributed by atoms with E-state index in [4.69, 9.17) is 0 Å². The first-order valence-corrected chi connectivity index (χ1v) is 8.91. The molecule has 1 aromatic heterocycles. The molecule has 0 saturated carbocycles. The maximum atomic E-state index is 12.1. The van der Waals surface area contributed by atoms with Crippen LogP contribution in [0.2, 0.25) is 0 Å². The molecular weight excluding hydrogens is 334 g/mol. The first kappa shape index (κ1) is 17.2. The fraction of sp³-hybridized carbons (Fsp3) is 0.222. The molecule has 7 heteroatoms. The summed E-state index contributed by atoms with van der Waals surface area (Å²) in [7, 11) is 0. The second kappa shape index (κ2) is 7.94. The van der Waals surface area contributed by atoms with E-state index in [1.807, 2.05) is 62.4 Å². The van der Waals surface area contributed by atoms with Crippen molar-refractivity contribution in [3.63, 3.8) is 0 Å². The Hall–Kier alpha value is -2.67. The molecule has 128 valence electrons. The largest absolute Gasteiger partial charge is 0.351 e. The summed E-state index contributed by atoms with van der Waals surface area (Å²) in [5.74, 6) is 0.211. The maximum absolute atomic E-state index is 12.1. The van der Waals surface area contributed by atoms with Gasteiger partial charge >= 0.3 is 0 Å². The molecule has 25 heavy (non-hydrogen) atoms. The lowest BCUT2D eigenvalue weighted by atomic mass is 10.1. The van der Waals surface area contributed by atoms with Gasteiger partial charge in [-0.1, -0.05) is 59.8 Å². The average molecular weight is 353 g/mol. The Morgan fingerprint density at radius 1 is 1.12 bits per heavy atom. The van der Waals surface area contributed by atoms with Crippen molar-refractivity contribution in [2.75, 3.05) is 5.75 Å². The molecular formula is C18H19N5OS. The minimum absolute atomic E-state index is 0.0510. The van der Waals surface area contributed by atoms with Crippen LogP contribution >= 0.6 is 11.8 Å². The number of carbonyl (C=O) groups excluding carboxylic acids is 1. The van der Waals surface area contributed by atoms with Gasteiger partial charge in [-0.2, -0.15) is 4.68 Å². The summed E-state index contributed by atoms with van der Waals surface area (Å²) >= 11 is 1.32. The van der Waals surface area contributed by atoms with Crippen LogP contribution in [0.1, 0.15) is 16.7 Å². The number of rotatable bonds is 6. The summed E-state index contributed by atoms with van der Waals surface area (Å²) in [5.41, 5.74) is 4.26. The molecule has 1 N–H and O–H groups in total. The van der Waals surface area contributed by atoms with E-state index in [0.717, 1.165) is 16.8 Å². The Labute approximate surface area is 150 Å². The summed E-state index contributed by atoms with van der Waals surface area (Å²) in [6.07, 6.45) is 0. The number of hydrogen-bond donors (Lipinski definition) is 1. The molecule has 0 aliphatic carbocycles. The number of para-hydroxylation sites is 1. The highest BCUT2D eigenvalue weighted by atomic mass is 32.2. The number of carbonyl (C=O) groups is 1. The molecule has 0 spiro atoms. The van der Waals surface area contributed by atoms with Crippen LogP contribution in [-0.4, -0.2) is 31.9 Å². The predicted octanol–water partition coefficient (Wildman–Crippen LogP) is 2.69. The van der Waals surface area contributed by atoms with Gasteiger partial charge in [0.25, 0.3) is 0 Å². The summed E-state index contributed by atoms with van der Waals surface area (Å²) in [6.45, 7) is 4.56. The van der Waals surface area contributed by atoms with E-state index in [-0.39, 0.29) is 11.7 Å². The van der Waals surface area contributed by atoms with Gasteiger partial charge in [0.2, 0.25) is 11.1 Å². The van der Waals surface area contributed by atoms with Gasteiger partial charge in [0, 0.05) is 6.54 Å². The first-order chi connectivity index (χ1) is 12.1. The van der Waals surface area contributed by atoms with Crippen LogP contribution in [0.15, 0.2) is 53.7 Å². The molecule has 0 bridgehead atoms. The van der Waals surface area contributed by atoms with Crippen molar-refractivity contribution in [3.8, 4) is 5.69 Å².